The average Bonchev–Trinajstić information content (AvgIpc) is 2.63. The number of methoxy groups -OCH3 is 1. The first-order chi connectivity index (χ1) is 12.1. The van der Waals surface area contributed by atoms with Crippen molar-refractivity contribution in [1.82, 2.24) is 15.1 Å². The summed E-state index contributed by atoms with van der Waals surface area (Å²) in [4.78, 5) is 17.0. The zero-order valence-electron chi connectivity index (χ0n) is 15.8. The SMILES string of the molecule is COc1cc(CCNC(=O)N2CCC3C(CCCN3C)C2)ccc1C. The molecule has 2 fully saturated rings. The van der Waals surface area contributed by atoms with E-state index in [0.29, 0.717) is 18.5 Å². The minimum absolute atomic E-state index is 0.0887. The molecule has 25 heavy (non-hydrogen) atoms. The van der Waals surface area contributed by atoms with E-state index >= 15 is 0 Å². The number of carbonyl (C=O) groups excluding carboxylic acids is 1. The number of aryl methyl sites for hydroxylation is 1. The quantitative estimate of drug-likeness (QED) is 0.912. The Hall–Kier alpha value is -1.75. The molecule has 2 amide bonds. The van der Waals surface area contributed by atoms with E-state index in [-0.39, 0.29) is 6.03 Å². The number of carbonyl (C=O) groups is 1. The van der Waals surface area contributed by atoms with Crippen molar-refractivity contribution in [3.63, 3.8) is 0 Å². The number of rotatable bonds is 4. The Labute approximate surface area is 151 Å². The fourth-order valence-electron chi connectivity index (χ4n) is 4.28. The van der Waals surface area contributed by atoms with Crippen LogP contribution in [-0.4, -0.2) is 62.2 Å². The Bertz CT molecular complexity index is 605. The third-order valence-corrected chi connectivity index (χ3v) is 5.80. The molecule has 0 aromatic heterocycles. The highest BCUT2D eigenvalue weighted by atomic mass is 16.5. The molecule has 1 aromatic rings. The predicted molar refractivity (Wildman–Crippen MR) is 100 cm³/mol. The maximum atomic E-state index is 12.5. The number of nitrogens with zero attached hydrogens (tertiary/aromatic N) is 2. The molecule has 2 aliphatic heterocycles. The second-order valence-corrected chi connectivity index (χ2v) is 7.47. The van der Waals surface area contributed by atoms with Gasteiger partial charge >= 0.3 is 6.03 Å². The molecule has 2 atom stereocenters. The molecule has 1 N–H and O–H groups in total. The van der Waals surface area contributed by atoms with Gasteiger partial charge in [0.25, 0.3) is 0 Å². The van der Waals surface area contributed by atoms with Crippen LogP contribution in [0.5, 0.6) is 5.75 Å². The normalized spacial score (nSPS) is 23.9. The first kappa shape index (κ1) is 18.1. The van der Waals surface area contributed by atoms with Gasteiger partial charge in [-0.3, -0.25) is 0 Å². The van der Waals surface area contributed by atoms with Gasteiger partial charge in [0.1, 0.15) is 5.75 Å². The number of ether oxygens (including phenoxy) is 1. The molecule has 3 rings (SSSR count). The topological polar surface area (TPSA) is 44.8 Å². The number of hydrogen-bond donors (Lipinski definition) is 1. The van der Waals surface area contributed by atoms with E-state index in [0.717, 1.165) is 37.2 Å². The van der Waals surface area contributed by atoms with Gasteiger partial charge in [-0.1, -0.05) is 12.1 Å². The largest absolute Gasteiger partial charge is 0.496 e. The van der Waals surface area contributed by atoms with Crippen molar-refractivity contribution < 1.29 is 9.53 Å². The van der Waals surface area contributed by atoms with Crippen LogP contribution in [0.4, 0.5) is 4.79 Å². The monoisotopic (exact) mass is 345 g/mol. The number of likely N-dealkylation sites (tertiary alicyclic amines) is 2. The van der Waals surface area contributed by atoms with Crippen LogP contribution in [0.15, 0.2) is 18.2 Å². The molecule has 5 heteroatoms. The number of piperidine rings is 2. The summed E-state index contributed by atoms with van der Waals surface area (Å²) < 4.78 is 5.37. The second-order valence-electron chi connectivity index (χ2n) is 7.47. The van der Waals surface area contributed by atoms with Gasteiger partial charge in [-0.05, 0) is 69.3 Å². The lowest BCUT2D eigenvalue weighted by Gasteiger charge is -2.45. The van der Waals surface area contributed by atoms with Crippen molar-refractivity contribution in [2.45, 2.75) is 38.6 Å². The fraction of sp³-hybridized carbons (Fsp3) is 0.650. The van der Waals surface area contributed by atoms with Crippen LogP contribution in [0.2, 0.25) is 0 Å². The molecule has 1 aromatic carbocycles. The summed E-state index contributed by atoms with van der Waals surface area (Å²) in [5.41, 5.74) is 2.32. The molecule has 138 valence electrons. The first-order valence-electron chi connectivity index (χ1n) is 9.45. The van der Waals surface area contributed by atoms with Gasteiger partial charge in [-0.25, -0.2) is 4.79 Å². The summed E-state index contributed by atoms with van der Waals surface area (Å²) in [6.45, 7) is 5.68. The average molecular weight is 345 g/mol. The van der Waals surface area contributed by atoms with Crippen LogP contribution in [-0.2, 0) is 6.42 Å². The lowest BCUT2D eigenvalue weighted by atomic mass is 9.84. The van der Waals surface area contributed by atoms with Crippen LogP contribution in [0, 0.1) is 12.8 Å². The van der Waals surface area contributed by atoms with Crippen LogP contribution in [0.3, 0.4) is 0 Å². The van der Waals surface area contributed by atoms with Gasteiger partial charge in [0.15, 0.2) is 0 Å². The molecule has 0 bridgehead atoms. The zero-order chi connectivity index (χ0) is 17.8. The molecule has 2 aliphatic rings. The first-order valence-corrected chi connectivity index (χ1v) is 9.45. The second kappa shape index (κ2) is 8.09. The summed E-state index contributed by atoms with van der Waals surface area (Å²) >= 11 is 0. The molecule has 5 nitrogen and oxygen atoms in total. The standard InChI is InChI=1S/C20H31N3O2/c1-15-6-7-16(13-19(15)25-3)8-10-21-20(24)23-12-9-18-17(14-23)5-4-11-22(18)2/h6-7,13,17-18H,4-5,8-12,14H2,1-3H3,(H,21,24). The highest BCUT2D eigenvalue weighted by Crippen LogP contribution is 2.29. The maximum Gasteiger partial charge on any atom is 0.317 e. The van der Waals surface area contributed by atoms with Crippen LogP contribution < -0.4 is 10.1 Å². The fourth-order valence-corrected chi connectivity index (χ4v) is 4.28. The van der Waals surface area contributed by atoms with Crippen LogP contribution in [0.1, 0.15) is 30.4 Å². The summed E-state index contributed by atoms with van der Waals surface area (Å²) in [6, 6.07) is 6.99. The van der Waals surface area contributed by atoms with Gasteiger partial charge < -0.3 is 19.9 Å². The third kappa shape index (κ3) is 4.27. The number of amides is 2. The van der Waals surface area contributed by atoms with Crippen molar-refractivity contribution >= 4 is 6.03 Å². The van der Waals surface area contributed by atoms with E-state index in [1.165, 1.54) is 24.9 Å². The summed E-state index contributed by atoms with van der Waals surface area (Å²) in [7, 11) is 3.92. The molecule has 2 heterocycles. The van der Waals surface area contributed by atoms with Gasteiger partial charge in [-0.15, -0.1) is 0 Å². The van der Waals surface area contributed by atoms with Gasteiger partial charge in [0.2, 0.25) is 0 Å². The minimum Gasteiger partial charge on any atom is -0.496 e. The zero-order valence-corrected chi connectivity index (χ0v) is 15.8. The molecule has 0 aliphatic carbocycles. The van der Waals surface area contributed by atoms with Gasteiger partial charge in [-0.2, -0.15) is 0 Å². The van der Waals surface area contributed by atoms with Crippen molar-refractivity contribution in [3.05, 3.63) is 29.3 Å². The Morgan fingerprint density at radius 2 is 2.16 bits per heavy atom. The van der Waals surface area contributed by atoms with Crippen molar-refractivity contribution in [3.8, 4) is 5.75 Å². The number of benzene rings is 1. The Kier molecular flexibility index (Phi) is 5.84. The van der Waals surface area contributed by atoms with Crippen molar-refractivity contribution in [2.75, 3.05) is 40.3 Å². The molecule has 2 unspecified atom stereocenters. The summed E-state index contributed by atoms with van der Waals surface area (Å²) in [5, 5.41) is 3.09. The Morgan fingerprint density at radius 3 is 2.96 bits per heavy atom. The Balaban J connectivity index is 1.47. The predicted octanol–water partition coefficient (Wildman–Crippen LogP) is 2.67. The molecule has 0 saturated carbocycles. The molecule has 0 spiro atoms. The van der Waals surface area contributed by atoms with Crippen molar-refractivity contribution in [2.24, 2.45) is 5.92 Å². The molecule has 2 saturated heterocycles. The molecular weight excluding hydrogens is 314 g/mol. The summed E-state index contributed by atoms with van der Waals surface area (Å²) in [5.74, 6) is 1.55. The highest BCUT2D eigenvalue weighted by Gasteiger charge is 2.35. The van der Waals surface area contributed by atoms with Crippen LogP contribution in [0.25, 0.3) is 0 Å². The molecule has 0 radical (unpaired) electrons. The Morgan fingerprint density at radius 1 is 1.32 bits per heavy atom. The number of hydrogen-bond acceptors (Lipinski definition) is 3. The van der Waals surface area contributed by atoms with E-state index < -0.39 is 0 Å². The smallest absolute Gasteiger partial charge is 0.317 e. The maximum absolute atomic E-state index is 12.5. The van der Waals surface area contributed by atoms with E-state index in [1.807, 2.05) is 11.8 Å². The third-order valence-electron chi connectivity index (χ3n) is 5.80. The van der Waals surface area contributed by atoms with E-state index in [9.17, 15) is 4.79 Å². The molecular formula is C20H31N3O2. The van der Waals surface area contributed by atoms with Gasteiger partial charge in [0.05, 0.1) is 7.11 Å². The highest BCUT2D eigenvalue weighted by molar-refractivity contribution is 5.74. The van der Waals surface area contributed by atoms with Crippen LogP contribution >= 0.6 is 0 Å². The number of nitrogens with one attached hydrogen (secondary N) is 1. The lowest BCUT2D eigenvalue weighted by molar-refractivity contribution is 0.0517. The van der Waals surface area contributed by atoms with E-state index in [2.05, 4.69) is 35.5 Å². The number of fused-ring (bicyclic) bond motifs is 1. The summed E-state index contributed by atoms with van der Waals surface area (Å²) in [6.07, 6.45) is 4.43. The number of urea groups is 1. The van der Waals surface area contributed by atoms with E-state index in [1.54, 1.807) is 7.11 Å². The minimum atomic E-state index is 0.0887. The lowest BCUT2D eigenvalue weighted by Crippen LogP contribution is -2.55. The van der Waals surface area contributed by atoms with E-state index in [4.69, 9.17) is 4.74 Å². The van der Waals surface area contributed by atoms with Crippen molar-refractivity contribution in [1.29, 1.82) is 0 Å². The van der Waals surface area contributed by atoms with Gasteiger partial charge in [0, 0.05) is 25.7 Å².